The highest BCUT2D eigenvalue weighted by Gasteiger charge is 2.11. The van der Waals surface area contributed by atoms with Crippen molar-refractivity contribution in [2.45, 2.75) is 13.0 Å². The van der Waals surface area contributed by atoms with Crippen LogP contribution in [0, 0.1) is 0 Å². The predicted molar refractivity (Wildman–Crippen MR) is 31.0 cm³/mol. The van der Waals surface area contributed by atoms with Crippen LogP contribution in [0.4, 0.5) is 0 Å². The van der Waals surface area contributed by atoms with Crippen LogP contribution >= 0.6 is 0 Å². The molecule has 0 spiro atoms. The van der Waals surface area contributed by atoms with E-state index < -0.39 is 0 Å². The predicted octanol–water partition coefficient (Wildman–Crippen LogP) is -0.425. The minimum Gasteiger partial charge on any atom is -0.363 e. The molecule has 0 aliphatic carbocycles. The summed E-state index contributed by atoms with van der Waals surface area (Å²) in [7, 11) is 0. The summed E-state index contributed by atoms with van der Waals surface area (Å²) in [4.78, 5) is 14.0. The van der Waals surface area contributed by atoms with Crippen molar-refractivity contribution >= 4 is 12.1 Å². The van der Waals surface area contributed by atoms with Crippen LogP contribution in [0.3, 0.4) is 0 Å². The Labute approximate surface area is 47.8 Å². The number of carbonyl (C=O) groups excluding carboxylic acids is 1. The number of hydrogen-bond acceptors (Lipinski definition) is 3. The summed E-state index contributed by atoms with van der Waals surface area (Å²) in [5.74, 6) is 0.863. The van der Waals surface area contributed by atoms with Gasteiger partial charge in [0.2, 0.25) is 0 Å². The highest BCUT2D eigenvalue weighted by atomic mass is 16.1. The van der Waals surface area contributed by atoms with Crippen LogP contribution in [0.1, 0.15) is 6.92 Å². The highest BCUT2D eigenvalue weighted by Crippen LogP contribution is 1.90. The molecule has 0 radical (unpaired) electrons. The Kier molecular flexibility index (Phi) is 1.28. The number of hydrogen-bond donors (Lipinski definition) is 1. The van der Waals surface area contributed by atoms with Crippen LogP contribution in [-0.4, -0.2) is 24.7 Å². The average molecular weight is 112 g/mol. The van der Waals surface area contributed by atoms with E-state index in [9.17, 15) is 4.79 Å². The standard InChI is InChI=1S/C5H8N2O/c1-4-6-2-5(3-8)7-4/h3,5H,2H2,1H3,(H,6,7). The Balaban J connectivity index is 2.43. The zero-order valence-electron chi connectivity index (χ0n) is 4.72. The molecule has 0 saturated heterocycles. The minimum absolute atomic E-state index is 0.0602. The van der Waals surface area contributed by atoms with E-state index in [1.165, 1.54) is 0 Å². The maximum Gasteiger partial charge on any atom is 0.144 e. The second kappa shape index (κ2) is 1.94. The Morgan fingerprint density at radius 1 is 2.00 bits per heavy atom. The van der Waals surface area contributed by atoms with Crippen molar-refractivity contribution in [1.29, 1.82) is 0 Å². The third kappa shape index (κ3) is 0.857. The zero-order valence-corrected chi connectivity index (χ0v) is 4.72. The van der Waals surface area contributed by atoms with Crippen LogP contribution < -0.4 is 5.32 Å². The van der Waals surface area contributed by atoms with Crippen LogP contribution in [0.2, 0.25) is 0 Å². The van der Waals surface area contributed by atoms with Gasteiger partial charge < -0.3 is 10.1 Å². The summed E-state index contributed by atoms with van der Waals surface area (Å²) in [6.45, 7) is 2.46. The van der Waals surface area contributed by atoms with E-state index in [2.05, 4.69) is 10.3 Å². The number of nitrogens with one attached hydrogen (secondary N) is 1. The number of amidine groups is 1. The normalized spacial score (nSPS) is 26.6. The number of rotatable bonds is 1. The van der Waals surface area contributed by atoms with Crippen molar-refractivity contribution < 1.29 is 4.79 Å². The quantitative estimate of drug-likeness (QED) is 0.468. The Morgan fingerprint density at radius 2 is 2.75 bits per heavy atom. The molecule has 1 rings (SSSR count). The van der Waals surface area contributed by atoms with Gasteiger partial charge >= 0.3 is 0 Å². The molecule has 8 heavy (non-hydrogen) atoms. The molecular formula is C5H8N2O. The Morgan fingerprint density at radius 3 is 3.00 bits per heavy atom. The maximum absolute atomic E-state index is 10.0. The van der Waals surface area contributed by atoms with Crippen LogP contribution in [0.5, 0.6) is 0 Å². The first-order chi connectivity index (χ1) is 3.83. The fourth-order valence-corrected chi connectivity index (χ4v) is 0.672. The molecule has 0 aromatic heterocycles. The lowest BCUT2D eigenvalue weighted by Crippen LogP contribution is -2.29. The van der Waals surface area contributed by atoms with Gasteiger partial charge in [0.1, 0.15) is 12.3 Å². The molecule has 0 bridgehead atoms. The third-order valence-corrected chi connectivity index (χ3v) is 1.08. The van der Waals surface area contributed by atoms with Gasteiger partial charge in [0.15, 0.2) is 0 Å². The van der Waals surface area contributed by atoms with Gasteiger partial charge in [0.05, 0.1) is 12.4 Å². The lowest BCUT2D eigenvalue weighted by molar-refractivity contribution is -0.108. The fraction of sp³-hybridized carbons (Fsp3) is 0.600. The van der Waals surface area contributed by atoms with Crippen molar-refractivity contribution in [3.05, 3.63) is 0 Å². The highest BCUT2D eigenvalue weighted by molar-refractivity contribution is 5.85. The van der Waals surface area contributed by atoms with Crippen molar-refractivity contribution in [2.75, 3.05) is 6.54 Å². The van der Waals surface area contributed by atoms with Gasteiger partial charge in [-0.15, -0.1) is 0 Å². The second-order valence-corrected chi connectivity index (χ2v) is 1.81. The summed E-state index contributed by atoms with van der Waals surface area (Å²) in [6, 6.07) is -0.0602. The molecule has 1 N–H and O–H groups in total. The largest absolute Gasteiger partial charge is 0.363 e. The molecule has 0 fully saturated rings. The van der Waals surface area contributed by atoms with Gasteiger partial charge in [0.25, 0.3) is 0 Å². The average Bonchev–Trinajstić information content (AvgIpc) is 2.14. The van der Waals surface area contributed by atoms with Crippen LogP contribution in [0.15, 0.2) is 4.99 Å². The van der Waals surface area contributed by atoms with E-state index in [0.717, 1.165) is 12.1 Å². The zero-order chi connectivity index (χ0) is 5.98. The van der Waals surface area contributed by atoms with Crippen LogP contribution in [0.25, 0.3) is 0 Å². The van der Waals surface area contributed by atoms with Gasteiger partial charge in [0, 0.05) is 0 Å². The Hall–Kier alpha value is -0.860. The molecule has 1 aliphatic rings. The summed E-state index contributed by atoms with van der Waals surface area (Å²) in [5, 5.41) is 2.89. The monoisotopic (exact) mass is 112 g/mol. The lowest BCUT2D eigenvalue weighted by atomic mass is 10.4. The molecule has 1 unspecified atom stereocenters. The molecule has 0 aromatic rings. The summed E-state index contributed by atoms with van der Waals surface area (Å²) in [5.41, 5.74) is 0. The first-order valence-electron chi connectivity index (χ1n) is 2.56. The molecule has 0 amide bonds. The van der Waals surface area contributed by atoms with E-state index in [1.54, 1.807) is 0 Å². The van der Waals surface area contributed by atoms with Crippen LogP contribution in [-0.2, 0) is 4.79 Å². The van der Waals surface area contributed by atoms with Crippen molar-refractivity contribution in [1.82, 2.24) is 5.32 Å². The van der Waals surface area contributed by atoms with Gasteiger partial charge in [-0.2, -0.15) is 0 Å². The molecule has 1 aliphatic heterocycles. The number of aldehydes is 1. The van der Waals surface area contributed by atoms with E-state index in [1.807, 2.05) is 6.92 Å². The smallest absolute Gasteiger partial charge is 0.144 e. The van der Waals surface area contributed by atoms with E-state index in [4.69, 9.17) is 0 Å². The van der Waals surface area contributed by atoms with Gasteiger partial charge in [-0.1, -0.05) is 0 Å². The SMILES string of the molecule is CC1=NCC(C=O)N1. The summed E-state index contributed by atoms with van der Waals surface area (Å²) < 4.78 is 0. The molecule has 0 saturated carbocycles. The van der Waals surface area contributed by atoms with Gasteiger partial charge in [-0.3, -0.25) is 4.99 Å². The summed E-state index contributed by atoms with van der Waals surface area (Å²) >= 11 is 0. The van der Waals surface area contributed by atoms with Crippen molar-refractivity contribution in [3.63, 3.8) is 0 Å². The minimum atomic E-state index is -0.0602. The van der Waals surface area contributed by atoms with Gasteiger partial charge in [-0.05, 0) is 6.92 Å². The Bertz CT molecular complexity index is 130. The van der Waals surface area contributed by atoms with E-state index >= 15 is 0 Å². The number of carbonyl (C=O) groups is 1. The molecule has 3 nitrogen and oxygen atoms in total. The number of aliphatic imine (C=N–C) groups is 1. The molecule has 0 aromatic carbocycles. The third-order valence-electron chi connectivity index (χ3n) is 1.08. The summed E-state index contributed by atoms with van der Waals surface area (Å²) in [6.07, 6.45) is 0.875. The molecular weight excluding hydrogens is 104 g/mol. The maximum atomic E-state index is 10.0. The topological polar surface area (TPSA) is 41.5 Å². The first-order valence-corrected chi connectivity index (χ1v) is 2.56. The molecule has 1 atom stereocenters. The molecule has 44 valence electrons. The second-order valence-electron chi connectivity index (χ2n) is 1.81. The van der Waals surface area contributed by atoms with Crippen molar-refractivity contribution in [3.8, 4) is 0 Å². The fourth-order valence-electron chi connectivity index (χ4n) is 0.672. The van der Waals surface area contributed by atoms with E-state index in [-0.39, 0.29) is 6.04 Å². The first kappa shape index (κ1) is 5.28. The molecule has 3 heteroatoms. The molecule has 1 heterocycles. The lowest BCUT2D eigenvalue weighted by Gasteiger charge is -1.97. The van der Waals surface area contributed by atoms with Gasteiger partial charge in [-0.25, -0.2) is 0 Å². The van der Waals surface area contributed by atoms with E-state index in [0.29, 0.717) is 6.54 Å². The number of nitrogens with zero attached hydrogens (tertiary/aromatic N) is 1. The van der Waals surface area contributed by atoms with Crippen molar-refractivity contribution in [2.24, 2.45) is 4.99 Å².